The van der Waals surface area contributed by atoms with Gasteiger partial charge in [-0.2, -0.15) is 0 Å². The molecule has 0 aliphatic rings. The molecule has 2 amide bonds. The van der Waals surface area contributed by atoms with Crippen molar-refractivity contribution in [1.82, 2.24) is 4.98 Å². The quantitative estimate of drug-likeness (QED) is 0.403. The Morgan fingerprint density at radius 1 is 0.969 bits per heavy atom. The largest absolute Gasteiger partial charge is 0.444 e. The first-order chi connectivity index (χ1) is 15.5. The molecule has 4 rings (SSSR count). The van der Waals surface area contributed by atoms with Gasteiger partial charge in [-0.1, -0.05) is 29.8 Å². The second kappa shape index (κ2) is 9.45. The van der Waals surface area contributed by atoms with E-state index in [-0.39, 0.29) is 29.9 Å². The van der Waals surface area contributed by atoms with Crippen molar-refractivity contribution >= 4 is 34.8 Å². The zero-order chi connectivity index (χ0) is 22.5. The molecule has 1 heterocycles. The number of para-hydroxylation sites is 1. The lowest BCUT2D eigenvalue weighted by Crippen LogP contribution is -2.16. The Labute approximate surface area is 188 Å². The van der Waals surface area contributed by atoms with Gasteiger partial charge in [-0.05, 0) is 54.6 Å². The Bertz CT molecular complexity index is 1260. The van der Waals surface area contributed by atoms with Crippen LogP contribution in [0.1, 0.15) is 16.1 Å². The molecule has 32 heavy (non-hydrogen) atoms. The van der Waals surface area contributed by atoms with Gasteiger partial charge in [0.1, 0.15) is 12.1 Å². The number of aromatic nitrogens is 1. The predicted octanol–water partition coefficient (Wildman–Crippen LogP) is 5.57. The van der Waals surface area contributed by atoms with Crippen LogP contribution in [0.5, 0.6) is 0 Å². The van der Waals surface area contributed by atoms with Gasteiger partial charge in [0.15, 0.2) is 0 Å². The fourth-order valence-corrected chi connectivity index (χ4v) is 3.12. The summed E-state index contributed by atoms with van der Waals surface area (Å²) in [5.41, 5.74) is 2.29. The van der Waals surface area contributed by atoms with Crippen LogP contribution in [0.25, 0.3) is 11.5 Å². The normalized spacial score (nSPS) is 10.6. The van der Waals surface area contributed by atoms with Crippen LogP contribution < -0.4 is 10.6 Å². The van der Waals surface area contributed by atoms with Gasteiger partial charge in [0.05, 0.1) is 22.8 Å². The van der Waals surface area contributed by atoms with Gasteiger partial charge in [0, 0.05) is 16.8 Å². The van der Waals surface area contributed by atoms with Gasteiger partial charge in [-0.25, -0.2) is 9.37 Å². The maximum Gasteiger partial charge on any atom is 0.255 e. The van der Waals surface area contributed by atoms with Gasteiger partial charge in [0.2, 0.25) is 11.8 Å². The first-order valence-corrected chi connectivity index (χ1v) is 10.0. The lowest BCUT2D eigenvalue weighted by Gasteiger charge is -2.10. The van der Waals surface area contributed by atoms with Crippen molar-refractivity contribution in [2.24, 2.45) is 0 Å². The smallest absolute Gasteiger partial charge is 0.255 e. The summed E-state index contributed by atoms with van der Waals surface area (Å²) in [4.78, 5) is 29.3. The molecule has 4 aromatic rings. The number of amides is 2. The molecule has 6 nitrogen and oxygen atoms in total. The monoisotopic (exact) mass is 449 g/mol. The van der Waals surface area contributed by atoms with Crippen molar-refractivity contribution in [3.8, 4) is 11.5 Å². The zero-order valence-corrected chi connectivity index (χ0v) is 17.4. The summed E-state index contributed by atoms with van der Waals surface area (Å²) in [5.74, 6) is -0.794. The molecule has 0 aliphatic carbocycles. The summed E-state index contributed by atoms with van der Waals surface area (Å²) < 4.78 is 18.4. The average molecular weight is 450 g/mol. The van der Waals surface area contributed by atoms with E-state index in [2.05, 4.69) is 15.6 Å². The third-order valence-electron chi connectivity index (χ3n) is 4.52. The van der Waals surface area contributed by atoms with E-state index in [0.29, 0.717) is 33.2 Å². The number of benzene rings is 3. The standard InChI is InChI=1S/C24H17ClFN3O3/c25-20-11-8-16(23(31)27-18-4-2-1-3-5-18)12-21(20)29-22(30)13-19-14-32-24(28-19)15-6-9-17(26)10-7-15/h1-12,14H,13H2,(H,27,31)(H,29,30). The molecule has 0 saturated carbocycles. The van der Waals surface area contributed by atoms with Crippen LogP contribution in [0.3, 0.4) is 0 Å². The van der Waals surface area contributed by atoms with Gasteiger partial charge in [0.25, 0.3) is 5.91 Å². The second-order valence-electron chi connectivity index (χ2n) is 6.89. The highest BCUT2D eigenvalue weighted by atomic mass is 35.5. The molecule has 0 bridgehead atoms. The van der Waals surface area contributed by atoms with Crippen LogP contribution in [0, 0.1) is 5.82 Å². The molecule has 0 fully saturated rings. The number of hydrogen-bond donors (Lipinski definition) is 2. The first-order valence-electron chi connectivity index (χ1n) is 9.64. The van der Waals surface area contributed by atoms with Gasteiger partial charge in [-0.3, -0.25) is 9.59 Å². The van der Waals surface area contributed by atoms with Crippen LogP contribution in [0.15, 0.2) is 83.5 Å². The van der Waals surface area contributed by atoms with Crippen LogP contribution in [-0.2, 0) is 11.2 Å². The Balaban J connectivity index is 1.42. The number of anilines is 2. The lowest BCUT2D eigenvalue weighted by molar-refractivity contribution is -0.115. The highest BCUT2D eigenvalue weighted by Gasteiger charge is 2.14. The molecule has 0 radical (unpaired) electrons. The van der Waals surface area contributed by atoms with E-state index in [1.165, 1.54) is 36.6 Å². The number of oxazole rings is 1. The maximum atomic E-state index is 13.1. The molecular formula is C24H17ClFN3O3. The molecular weight excluding hydrogens is 433 g/mol. The maximum absolute atomic E-state index is 13.1. The van der Waals surface area contributed by atoms with Crippen molar-refractivity contribution in [2.75, 3.05) is 10.6 Å². The van der Waals surface area contributed by atoms with E-state index < -0.39 is 0 Å². The SMILES string of the molecule is O=C(Cc1coc(-c2ccc(F)cc2)n1)Nc1cc(C(=O)Nc2ccccc2)ccc1Cl. The number of carbonyl (C=O) groups excluding carboxylic acids is 2. The van der Waals surface area contributed by atoms with E-state index in [1.54, 1.807) is 24.3 Å². The van der Waals surface area contributed by atoms with Crippen molar-refractivity contribution in [3.63, 3.8) is 0 Å². The highest BCUT2D eigenvalue weighted by molar-refractivity contribution is 6.34. The molecule has 0 aliphatic heterocycles. The summed E-state index contributed by atoms with van der Waals surface area (Å²) in [6.07, 6.45) is 1.30. The first kappa shape index (κ1) is 21.3. The molecule has 2 N–H and O–H groups in total. The molecule has 0 saturated heterocycles. The number of nitrogens with one attached hydrogen (secondary N) is 2. The summed E-state index contributed by atoms with van der Waals surface area (Å²) in [6, 6.07) is 19.3. The molecule has 8 heteroatoms. The van der Waals surface area contributed by atoms with Crippen LogP contribution in [-0.4, -0.2) is 16.8 Å². The summed E-state index contributed by atoms with van der Waals surface area (Å²) in [7, 11) is 0. The van der Waals surface area contributed by atoms with Crippen molar-refractivity contribution < 1.29 is 18.4 Å². The van der Waals surface area contributed by atoms with E-state index in [0.717, 1.165) is 0 Å². The third kappa shape index (κ3) is 5.19. The van der Waals surface area contributed by atoms with Crippen molar-refractivity contribution in [2.45, 2.75) is 6.42 Å². The van der Waals surface area contributed by atoms with E-state index in [4.69, 9.17) is 16.0 Å². The van der Waals surface area contributed by atoms with Crippen molar-refractivity contribution in [1.29, 1.82) is 0 Å². The van der Waals surface area contributed by atoms with Crippen LogP contribution in [0.4, 0.5) is 15.8 Å². The van der Waals surface area contributed by atoms with Gasteiger partial charge >= 0.3 is 0 Å². The second-order valence-corrected chi connectivity index (χ2v) is 7.30. The minimum Gasteiger partial charge on any atom is -0.444 e. The Hall–Kier alpha value is -3.97. The molecule has 160 valence electrons. The summed E-state index contributed by atoms with van der Waals surface area (Å²) >= 11 is 6.19. The zero-order valence-electron chi connectivity index (χ0n) is 16.6. The lowest BCUT2D eigenvalue weighted by atomic mass is 10.1. The Kier molecular flexibility index (Phi) is 6.28. The minimum absolute atomic E-state index is 0.0680. The number of carbonyl (C=O) groups is 2. The van der Waals surface area contributed by atoms with E-state index in [1.807, 2.05) is 18.2 Å². The van der Waals surface area contributed by atoms with E-state index >= 15 is 0 Å². The van der Waals surface area contributed by atoms with E-state index in [9.17, 15) is 14.0 Å². The third-order valence-corrected chi connectivity index (χ3v) is 4.85. The topological polar surface area (TPSA) is 84.2 Å². The number of nitrogens with zero attached hydrogens (tertiary/aromatic N) is 1. The van der Waals surface area contributed by atoms with Crippen LogP contribution in [0.2, 0.25) is 5.02 Å². The molecule has 3 aromatic carbocycles. The van der Waals surface area contributed by atoms with Gasteiger partial charge in [-0.15, -0.1) is 0 Å². The molecule has 0 atom stereocenters. The summed E-state index contributed by atoms with van der Waals surface area (Å²) in [6.45, 7) is 0. The number of halogens is 2. The van der Waals surface area contributed by atoms with Gasteiger partial charge < -0.3 is 15.1 Å². The molecule has 1 aromatic heterocycles. The average Bonchev–Trinajstić information content (AvgIpc) is 3.24. The predicted molar refractivity (Wildman–Crippen MR) is 120 cm³/mol. The van der Waals surface area contributed by atoms with Crippen molar-refractivity contribution in [3.05, 3.63) is 101 Å². The number of hydrogen-bond acceptors (Lipinski definition) is 4. The number of rotatable bonds is 6. The van der Waals surface area contributed by atoms with Crippen LogP contribution >= 0.6 is 11.6 Å². The Morgan fingerprint density at radius 3 is 2.47 bits per heavy atom. The summed E-state index contributed by atoms with van der Waals surface area (Å²) in [5, 5.41) is 5.76. The minimum atomic E-state index is -0.383. The fourth-order valence-electron chi connectivity index (χ4n) is 2.96. The Morgan fingerprint density at radius 2 is 1.72 bits per heavy atom. The molecule has 0 unspecified atom stereocenters. The fraction of sp³-hybridized carbons (Fsp3) is 0.0417. The molecule has 0 spiro atoms. The highest BCUT2D eigenvalue weighted by Crippen LogP contribution is 2.24.